The highest BCUT2D eigenvalue weighted by atomic mass is 16.5. The van der Waals surface area contributed by atoms with Crippen LogP contribution < -0.4 is 9.47 Å². The number of aromatic nitrogens is 2. The van der Waals surface area contributed by atoms with Gasteiger partial charge in [-0.15, -0.1) is 0 Å². The SMILES string of the molecule is COc1ccccc1C1(C(=O)N2CCCC(Oc3nc(C)cc(C)n3)C2)CC1. The monoisotopic (exact) mass is 381 g/mol. The summed E-state index contributed by atoms with van der Waals surface area (Å²) in [5.74, 6) is 0.980. The van der Waals surface area contributed by atoms with Crippen LogP contribution >= 0.6 is 0 Å². The van der Waals surface area contributed by atoms with Crippen molar-refractivity contribution in [1.29, 1.82) is 0 Å². The third-order valence-corrected chi connectivity index (χ3v) is 5.68. The maximum absolute atomic E-state index is 13.4. The van der Waals surface area contributed by atoms with Crippen LogP contribution in [0, 0.1) is 13.8 Å². The molecule has 1 amide bonds. The van der Waals surface area contributed by atoms with Gasteiger partial charge in [0.1, 0.15) is 11.9 Å². The van der Waals surface area contributed by atoms with Crippen molar-refractivity contribution in [2.45, 2.75) is 51.0 Å². The highest BCUT2D eigenvalue weighted by Gasteiger charge is 2.54. The number of hydrogen-bond acceptors (Lipinski definition) is 5. The summed E-state index contributed by atoms with van der Waals surface area (Å²) >= 11 is 0. The summed E-state index contributed by atoms with van der Waals surface area (Å²) in [5.41, 5.74) is 2.34. The van der Waals surface area contributed by atoms with Crippen LogP contribution in [0.5, 0.6) is 11.8 Å². The van der Waals surface area contributed by atoms with Gasteiger partial charge in [-0.25, -0.2) is 9.97 Å². The van der Waals surface area contributed by atoms with Gasteiger partial charge in [-0.05, 0) is 51.7 Å². The van der Waals surface area contributed by atoms with Crippen molar-refractivity contribution < 1.29 is 14.3 Å². The van der Waals surface area contributed by atoms with Gasteiger partial charge < -0.3 is 14.4 Å². The second-order valence-corrected chi connectivity index (χ2v) is 7.85. The van der Waals surface area contributed by atoms with E-state index in [1.54, 1.807) is 7.11 Å². The second-order valence-electron chi connectivity index (χ2n) is 7.85. The Labute approximate surface area is 165 Å². The van der Waals surface area contributed by atoms with Crippen LogP contribution in [-0.4, -0.2) is 47.1 Å². The molecule has 0 bridgehead atoms. The Hall–Kier alpha value is -2.63. The Bertz CT molecular complexity index is 859. The molecule has 2 aromatic rings. The highest BCUT2D eigenvalue weighted by Crippen LogP contribution is 2.52. The van der Waals surface area contributed by atoms with Gasteiger partial charge in [-0.2, -0.15) is 0 Å². The number of aryl methyl sites for hydroxylation is 2. The van der Waals surface area contributed by atoms with Crippen molar-refractivity contribution in [3.63, 3.8) is 0 Å². The maximum Gasteiger partial charge on any atom is 0.317 e. The van der Waals surface area contributed by atoms with E-state index < -0.39 is 5.41 Å². The number of hydrogen-bond donors (Lipinski definition) is 0. The molecule has 1 saturated carbocycles. The first-order valence-corrected chi connectivity index (χ1v) is 9.94. The van der Waals surface area contributed by atoms with Gasteiger partial charge in [0.2, 0.25) is 5.91 Å². The first-order valence-electron chi connectivity index (χ1n) is 9.94. The van der Waals surface area contributed by atoms with Gasteiger partial charge in [0.15, 0.2) is 0 Å². The lowest BCUT2D eigenvalue weighted by molar-refractivity contribution is -0.136. The van der Waals surface area contributed by atoms with E-state index in [4.69, 9.17) is 9.47 Å². The third kappa shape index (κ3) is 3.55. The molecule has 2 fully saturated rings. The Morgan fingerprint density at radius 2 is 1.89 bits per heavy atom. The molecule has 6 heteroatoms. The zero-order chi connectivity index (χ0) is 19.7. The Balaban J connectivity index is 1.49. The number of para-hydroxylation sites is 1. The predicted molar refractivity (Wildman–Crippen MR) is 106 cm³/mol. The summed E-state index contributed by atoms with van der Waals surface area (Å²) in [6.07, 6.45) is 3.49. The highest BCUT2D eigenvalue weighted by molar-refractivity contribution is 5.92. The minimum absolute atomic E-state index is 0.0765. The summed E-state index contributed by atoms with van der Waals surface area (Å²) in [4.78, 5) is 24.1. The molecule has 28 heavy (non-hydrogen) atoms. The fourth-order valence-corrected chi connectivity index (χ4v) is 4.18. The van der Waals surface area contributed by atoms with E-state index in [1.165, 1.54) is 0 Å². The summed E-state index contributed by atoms with van der Waals surface area (Å²) < 4.78 is 11.6. The molecule has 2 heterocycles. The van der Waals surface area contributed by atoms with E-state index in [9.17, 15) is 4.79 Å². The number of carbonyl (C=O) groups is 1. The fourth-order valence-electron chi connectivity index (χ4n) is 4.18. The molecule has 0 radical (unpaired) electrons. The molecule has 2 aliphatic rings. The quantitative estimate of drug-likeness (QED) is 0.796. The van der Waals surface area contributed by atoms with Crippen molar-refractivity contribution >= 4 is 5.91 Å². The van der Waals surface area contributed by atoms with Crippen LogP contribution in [0.4, 0.5) is 0 Å². The zero-order valence-electron chi connectivity index (χ0n) is 16.8. The molecule has 1 saturated heterocycles. The molecule has 1 unspecified atom stereocenters. The Morgan fingerprint density at radius 3 is 2.57 bits per heavy atom. The number of piperidine rings is 1. The topological polar surface area (TPSA) is 64.5 Å². The van der Waals surface area contributed by atoms with Crippen molar-refractivity contribution in [2.24, 2.45) is 0 Å². The molecular formula is C22H27N3O3. The van der Waals surface area contributed by atoms with Gasteiger partial charge in [-0.1, -0.05) is 18.2 Å². The molecule has 6 nitrogen and oxygen atoms in total. The molecule has 1 aromatic heterocycles. The van der Waals surface area contributed by atoms with E-state index in [-0.39, 0.29) is 12.0 Å². The number of amides is 1. The van der Waals surface area contributed by atoms with Crippen LogP contribution in [0.3, 0.4) is 0 Å². The first kappa shape index (κ1) is 18.7. The molecule has 1 aliphatic carbocycles. The molecule has 1 aliphatic heterocycles. The number of nitrogens with zero attached hydrogens (tertiary/aromatic N) is 3. The van der Waals surface area contributed by atoms with Crippen LogP contribution in [0.25, 0.3) is 0 Å². The normalized spacial score (nSPS) is 20.5. The number of benzene rings is 1. The number of carbonyl (C=O) groups excluding carboxylic acids is 1. The second kappa shape index (κ2) is 7.41. The van der Waals surface area contributed by atoms with Gasteiger partial charge in [-0.3, -0.25) is 4.79 Å². The van der Waals surface area contributed by atoms with Crippen molar-refractivity contribution in [3.8, 4) is 11.8 Å². The lowest BCUT2D eigenvalue weighted by atomic mass is 9.92. The summed E-state index contributed by atoms with van der Waals surface area (Å²) in [6.45, 7) is 5.21. The lowest BCUT2D eigenvalue weighted by Gasteiger charge is -2.35. The molecule has 1 atom stereocenters. The third-order valence-electron chi connectivity index (χ3n) is 5.68. The summed E-state index contributed by atoms with van der Waals surface area (Å²) in [5, 5.41) is 0. The molecule has 1 aromatic carbocycles. The Kier molecular flexibility index (Phi) is 4.96. The minimum Gasteiger partial charge on any atom is -0.496 e. The van der Waals surface area contributed by atoms with Crippen LogP contribution in [0.1, 0.15) is 42.6 Å². The molecular weight excluding hydrogens is 354 g/mol. The minimum atomic E-state index is -0.440. The van der Waals surface area contributed by atoms with Gasteiger partial charge in [0.25, 0.3) is 0 Å². The van der Waals surface area contributed by atoms with E-state index in [2.05, 4.69) is 9.97 Å². The molecule has 148 valence electrons. The van der Waals surface area contributed by atoms with E-state index in [1.807, 2.05) is 49.1 Å². The van der Waals surface area contributed by atoms with Gasteiger partial charge >= 0.3 is 6.01 Å². The lowest BCUT2D eigenvalue weighted by Crippen LogP contribution is -2.48. The maximum atomic E-state index is 13.4. The standard InChI is InChI=1S/C22H27N3O3/c1-15-13-16(2)24-21(23-15)28-17-7-6-12-25(14-17)20(26)22(10-11-22)18-8-4-5-9-19(18)27-3/h4-5,8-9,13,17H,6-7,10-12,14H2,1-3H3. The Morgan fingerprint density at radius 1 is 1.18 bits per heavy atom. The molecule has 0 N–H and O–H groups in total. The zero-order valence-corrected chi connectivity index (χ0v) is 16.8. The largest absolute Gasteiger partial charge is 0.496 e. The fraction of sp³-hybridized carbons (Fsp3) is 0.500. The number of likely N-dealkylation sites (tertiary alicyclic amines) is 1. The van der Waals surface area contributed by atoms with Crippen molar-refractivity contribution in [1.82, 2.24) is 14.9 Å². The number of methoxy groups -OCH3 is 1. The number of ether oxygens (including phenoxy) is 2. The van der Waals surface area contributed by atoms with Crippen LogP contribution in [-0.2, 0) is 10.2 Å². The van der Waals surface area contributed by atoms with E-state index in [0.29, 0.717) is 12.6 Å². The van der Waals surface area contributed by atoms with Gasteiger partial charge in [0, 0.05) is 23.5 Å². The predicted octanol–water partition coefficient (Wildman–Crippen LogP) is 3.20. The summed E-state index contributed by atoms with van der Waals surface area (Å²) in [7, 11) is 1.66. The molecule has 0 spiro atoms. The average molecular weight is 381 g/mol. The smallest absolute Gasteiger partial charge is 0.317 e. The first-order chi connectivity index (χ1) is 13.5. The molecule has 4 rings (SSSR count). The van der Waals surface area contributed by atoms with Crippen molar-refractivity contribution in [2.75, 3.05) is 20.2 Å². The van der Waals surface area contributed by atoms with Crippen molar-refractivity contribution in [3.05, 3.63) is 47.3 Å². The van der Waals surface area contributed by atoms with E-state index in [0.717, 1.165) is 54.9 Å². The van der Waals surface area contributed by atoms with Crippen LogP contribution in [0.15, 0.2) is 30.3 Å². The van der Waals surface area contributed by atoms with Crippen LogP contribution in [0.2, 0.25) is 0 Å². The van der Waals surface area contributed by atoms with E-state index >= 15 is 0 Å². The van der Waals surface area contributed by atoms with Gasteiger partial charge in [0.05, 0.1) is 19.1 Å². The number of rotatable bonds is 5. The summed E-state index contributed by atoms with van der Waals surface area (Å²) in [6, 6.07) is 10.2. The average Bonchev–Trinajstić information content (AvgIpc) is 3.48.